The molecule has 0 aliphatic rings. The van der Waals surface area contributed by atoms with E-state index in [4.69, 9.17) is 14.9 Å². The number of allylic oxidation sites excluding steroid dienone is 5. The molecule has 300 valence electrons. The van der Waals surface area contributed by atoms with Crippen molar-refractivity contribution in [1.82, 2.24) is 10.6 Å². The molecule has 2 unspecified atom stereocenters. The van der Waals surface area contributed by atoms with Crippen LogP contribution in [-0.2, 0) is 23.9 Å². The molecule has 0 bridgehead atoms. The predicted octanol–water partition coefficient (Wildman–Crippen LogP) is 9.82. The van der Waals surface area contributed by atoms with Crippen molar-refractivity contribution < 1.29 is 34.1 Å². The van der Waals surface area contributed by atoms with E-state index in [9.17, 15) is 19.2 Å². The number of esters is 1. The third-order valence-corrected chi connectivity index (χ3v) is 9.07. The summed E-state index contributed by atoms with van der Waals surface area (Å²) in [6.45, 7) is 3.36. The number of aliphatic carboxylic acids is 1. The first kappa shape index (κ1) is 49.1. The van der Waals surface area contributed by atoms with Crippen molar-refractivity contribution in [3.05, 3.63) is 36.5 Å². The van der Waals surface area contributed by atoms with Gasteiger partial charge in [-0.05, 0) is 70.3 Å². The van der Waals surface area contributed by atoms with E-state index in [-0.39, 0.29) is 30.9 Å². The van der Waals surface area contributed by atoms with Crippen molar-refractivity contribution >= 4 is 23.8 Å². The highest BCUT2D eigenvalue weighted by molar-refractivity contribution is 5.87. The number of hydrogen-bond donors (Lipinski definition) is 4. The SMILES string of the molecule is CCC/C=C\C/C=C\C(CCCCCCC(=O)NCC(=O)NC(CO)C(=O)O)OC(=O)CCCCCCCCCCC/C=C\CCCCCCCC. The Kier molecular flexibility index (Phi) is 35.7. The molecule has 9 nitrogen and oxygen atoms in total. The van der Waals surface area contributed by atoms with Gasteiger partial charge in [-0.3, -0.25) is 14.4 Å². The van der Waals surface area contributed by atoms with Gasteiger partial charge in [0.15, 0.2) is 0 Å². The first-order chi connectivity index (χ1) is 25.3. The third kappa shape index (κ3) is 34.2. The number of carboxylic acids is 1. The Balaban J connectivity index is 4.11. The summed E-state index contributed by atoms with van der Waals surface area (Å²) in [6.07, 6.45) is 42.1. The topological polar surface area (TPSA) is 142 Å². The van der Waals surface area contributed by atoms with Gasteiger partial charge >= 0.3 is 11.9 Å². The summed E-state index contributed by atoms with van der Waals surface area (Å²) < 4.78 is 5.86. The Morgan fingerprint density at radius 1 is 0.596 bits per heavy atom. The van der Waals surface area contributed by atoms with Crippen LogP contribution in [0.3, 0.4) is 0 Å². The zero-order chi connectivity index (χ0) is 38.3. The van der Waals surface area contributed by atoms with Gasteiger partial charge in [-0.15, -0.1) is 0 Å². The van der Waals surface area contributed by atoms with E-state index in [0.29, 0.717) is 12.8 Å². The van der Waals surface area contributed by atoms with Crippen molar-refractivity contribution in [3.63, 3.8) is 0 Å². The van der Waals surface area contributed by atoms with E-state index in [1.807, 2.05) is 6.08 Å². The smallest absolute Gasteiger partial charge is 0.328 e. The number of rotatable bonds is 37. The number of hydrogen-bond acceptors (Lipinski definition) is 6. The van der Waals surface area contributed by atoms with Gasteiger partial charge in [0.05, 0.1) is 13.2 Å². The Hall–Kier alpha value is -2.94. The van der Waals surface area contributed by atoms with E-state index < -0.39 is 24.5 Å². The van der Waals surface area contributed by atoms with Gasteiger partial charge in [-0.1, -0.05) is 141 Å². The number of unbranched alkanes of at least 4 members (excludes halogenated alkanes) is 19. The fourth-order valence-corrected chi connectivity index (χ4v) is 5.84. The van der Waals surface area contributed by atoms with Crippen LogP contribution in [0.4, 0.5) is 0 Å². The number of ether oxygens (including phenoxy) is 1. The molecule has 0 heterocycles. The first-order valence-corrected chi connectivity index (χ1v) is 20.9. The van der Waals surface area contributed by atoms with Crippen molar-refractivity contribution in [2.45, 2.75) is 199 Å². The highest BCUT2D eigenvalue weighted by atomic mass is 16.5. The Labute approximate surface area is 316 Å². The molecule has 0 aromatic heterocycles. The Bertz CT molecular complexity index is 979. The zero-order valence-corrected chi connectivity index (χ0v) is 33.1. The molecule has 0 rings (SSSR count). The summed E-state index contributed by atoms with van der Waals surface area (Å²) in [5, 5.41) is 22.5. The minimum atomic E-state index is -1.39. The van der Waals surface area contributed by atoms with Gasteiger partial charge in [-0.2, -0.15) is 0 Å². The minimum absolute atomic E-state index is 0.133. The number of amides is 2. The number of carboxylic acid groups (broad SMARTS) is 1. The lowest BCUT2D eigenvalue weighted by molar-refractivity contribution is -0.147. The molecule has 9 heteroatoms. The number of aliphatic hydroxyl groups excluding tert-OH is 1. The zero-order valence-electron chi connectivity index (χ0n) is 33.1. The van der Waals surface area contributed by atoms with Crippen LogP contribution < -0.4 is 10.6 Å². The van der Waals surface area contributed by atoms with Crippen molar-refractivity contribution in [1.29, 1.82) is 0 Å². The van der Waals surface area contributed by atoms with E-state index >= 15 is 0 Å². The first-order valence-electron chi connectivity index (χ1n) is 20.9. The lowest BCUT2D eigenvalue weighted by atomic mass is 10.1. The summed E-state index contributed by atoms with van der Waals surface area (Å²) in [4.78, 5) is 47.4. The van der Waals surface area contributed by atoms with E-state index in [0.717, 1.165) is 57.8 Å². The fourth-order valence-electron chi connectivity index (χ4n) is 5.84. The molecule has 0 aliphatic heterocycles. The average molecular weight is 733 g/mol. The molecule has 2 amide bonds. The molecule has 2 atom stereocenters. The van der Waals surface area contributed by atoms with Crippen molar-refractivity contribution in [2.75, 3.05) is 13.2 Å². The largest absolute Gasteiger partial charge is 0.480 e. The molecule has 0 saturated carbocycles. The van der Waals surface area contributed by atoms with Crippen molar-refractivity contribution in [2.24, 2.45) is 0 Å². The summed E-state index contributed by atoms with van der Waals surface area (Å²) in [5.41, 5.74) is 0. The Morgan fingerprint density at radius 3 is 1.71 bits per heavy atom. The molecule has 0 spiro atoms. The second kappa shape index (κ2) is 37.8. The molecule has 0 aliphatic carbocycles. The maximum absolute atomic E-state index is 12.6. The van der Waals surface area contributed by atoms with Gasteiger partial charge < -0.3 is 25.6 Å². The Morgan fingerprint density at radius 2 is 1.13 bits per heavy atom. The van der Waals surface area contributed by atoms with Crippen LogP contribution in [0.2, 0.25) is 0 Å². The summed E-state index contributed by atoms with van der Waals surface area (Å²) in [5.74, 6) is -2.43. The molecule has 4 N–H and O–H groups in total. The quantitative estimate of drug-likeness (QED) is 0.0283. The molecule has 0 aromatic rings. The molecular formula is C43H76N2O7. The summed E-state index contributed by atoms with van der Waals surface area (Å²) in [6, 6.07) is -1.39. The maximum Gasteiger partial charge on any atom is 0.328 e. The van der Waals surface area contributed by atoms with Crippen LogP contribution in [0.1, 0.15) is 187 Å². The standard InChI is InChI=1S/C43H76N2O7/c1-3-5-7-9-11-12-13-14-15-16-17-18-19-20-21-22-23-25-31-35-42(49)52-38(32-28-24-10-8-6-4-2)33-29-26-27-30-34-40(47)44-36-41(48)45-39(37-46)43(50)51/h8,10,14-15,28,32,38-39,46H,3-7,9,11-13,16-27,29-31,33-37H2,1-2H3,(H,44,47)(H,45,48)(H,50,51)/b10-8-,15-14-,32-28-. The molecular weight excluding hydrogens is 656 g/mol. The number of carbonyl (C=O) groups excluding carboxylic acids is 3. The highest BCUT2D eigenvalue weighted by Gasteiger charge is 2.18. The van der Waals surface area contributed by atoms with Crippen LogP contribution in [0.5, 0.6) is 0 Å². The maximum atomic E-state index is 12.6. The minimum Gasteiger partial charge on any atom is -0.480 e. The van der Waals surface area contributed by atoms with Crippen LogP contribution in [0.15, 0.2) is 36.5 Å². The van der Waals surface area contributed by atoms with Gasteiger partial charge in [0, 0.05) is 12.8 Å². The molecule has 0 fully saturated rings. The lowest BCUT2D eigenvalue weighted by Crippen LogP contribution is -2.47. The van der Waals surface area contributed by atoms with Crippen LogP contribution in [0, 0.1) is 0 Å². The third-order valence-electron chi connectivity index (χ3n) is 9.07. The highest BCUT2D eigenvalue weighted by Crippen LogP contribution is 2.15. The van der Waals surface area contributed by atoms with Gasteiger partial charge in [0.2, 0.25) is 11.8 Å². The summed E-state index contributed by atoms with van der Waals surface area (Å²) in [7, 11) is 0. The van der Waals surface area contributed by atoms with E-state index in [1.165, 1.54) is 96.3 Å². The second-order valence-corrected chi connectivity index (χ2v) is 14.1. The van der Waals surface area contributed by atoms with Crippen molar-refractivity contribution in [3.8, 4) is 0 Å². The lowest BCUT2D eigenvalue weighted by Gasteiger charge is -2.15. The van der Waals surface area contributed by atoms with Crippen LogP contribution >= 0.6 is 0 Å². The second-order valence-electron chi connectivity index (χ2n) is 14.1. The molecule has 52 heavy (non-hydrogen) atoms. The number of carbonyl (C=O) groups is 4. The predicted molar refractivity (Wildman–Crippen MR) is 213 cm³/mol. The van der Waals surface area contributed by atoms with Crippen LogP contribution in [-0.4, -0.2) is 59.3 Å². The molecule has 0 saturated heterocycles. The monoisotopic (exact) mass is 733 g/mol. The van der Waals surface area contributed by atoms with E-state index in [2.05, 4.69) is 54.9 Å². The molecule has 0 radical (unpaired) electrons. The number of nitrogens with one attached hydrogen (secondary N) is 2. The van der Waals surface area contributed by atoms with Gasteiger partial charge in [-0.25, -0.2) is 4.79 Å². The van der Waals surface area contributed by atoms with Gasteiger partial charge in [0.1, 0.15) is 12.1 Å². The summed E-state index contributed by atoms with van der Waals surface area (Å²) >= 11 is 0. The van der Waals surface area contributed by atoms with Crippen LogP contribution in [0.25, 0.3) is 0 Å². The normalized spacial score (nSPS) is 12.8. The molecule has 0 aromatic carbocycles. The number of aliphatic hydroxyl groups is 1. The van der Waals surface area contributed by atoms with E-state index in [1.54, 1.807) is 0 Å². The average Bonchev–Trinajstić information content (AvgIpc) is 3.13. The van der Waals surface area contributed by atoms with Gasteiger partial charge in [0.25, 0.3) is 0 Å². The fraction of sp³-hybridized carbons (Fsp3) is 0.767.